The van der Waals surface area contributed by atoms with E-state index in [-0.39, 0.29) is 0 Å². The van der Waals surface area contributed by atoms with E-state index in [1.807, 2.05) is 0 Å². The first kappa shape index (κ1) is 13.0. The van der Waals surface area contributed by atoms with Crippen LogP contribution in [0, 0.1) is 5.92 Å². The molecule has 3 nitrogen and oxygen atoms in total. The maximum absolute atomic E-state index is 5.70. The van der Waals surface area contributed by atoms with Gasteiger partial charge in [0.1, 0.15) is 5.82 Å². The van der Waals surface area contributed by atoms with Crippen LogP contribution < -0.4 is 0 Å². The quantitative estimate of drug-likeness (QED) is 0.801. The Balaban J connectivity index is 1.75. The number of H-pyrrole nitrogens is 1. The highest BCUT2D eigenvalue weighted by Crippen LogP contribution is 2.28. The number of halogens is 1. The van der Waals surface area contributed by atoms with Crippen molar-refractivity contribution in [2.45, 2.75) is 43.7 Å². The van der Waals surface area contributed by atoms with Gasteiger partial charge in [-0.25, -0.2) is 4.98 Å². The Hall–Kier alpha value is -0.480. The van der Waals surface area contributed by atoms with Crippen LogP contribution in [0.4, 0.5) is 0 Å². The standard InChI is InChI=1S/C12H18ClN3S/c1-9(13)8-17-12-14-11(15-16-12)7-6-10-4-2-3-5-10/h10H,1-8H2,(H,14,15,16). The molecular formula is C12H18ClN3S. The second kappa shape index (κ2) is 6.45. The smallest absolute Gasteiger partial charge is 0.208 e. The van der Waals surface area contributed by atoms with Crippen molar-refractivity contribution in [3.8, 4) is 0 Å². The monoisotopic (exact) mass is 271 g/mol. The van der Waals surface area contributed by atoms with Crippen molar-refractivity contribution in [1.82, 2.24) is 15.2 Å². The van der Waals surface area contributed by atoms with Crippen molar-refractivity contribution in [1.29, 1.82) is 0 Å². The van der Waals surface area contributed by atoms with Gasteiger partial charge in [-0.15, -0.1) is 5.10 Å². The zero-order chi connectivity index (χ0) is 12.1. The molecule has 0 aromatic carbocycles. The number of hydrogen-bond donors (Lipinski definition) is 1. The van der Waals surface area contributed by atoms with Crippen LogP contribution >= 0.6 is 23.4 Å². The zero-order valence-electron chi connectivity index (χ0n) is 9.91. The molecule has 94 valence electrons. The molecule has 0 amide bonds. The minimum Gasteiger partial charge on any atom is -0.262 e. The third-order valence-corrected chi connectivity index (χ3v) is 4.36. The Morgan fingerprint density at radius 2 is 2.24 bits per heavy atom. The number of nitrogens with zero attached hydrogens (tertiary/aromatic N) is 2. The number of aromatic amines is 1. The van der Waals surface area contributed by atoms with Crippen LogP contribution in [0.2, 0.25) is 0 Å². The minimum atomic E-state index is 0.632. The fraction of sp³-hybridized carbons (Fsp3) is 0.667. The van der Waals surface area contributed by atoms with Crippen molar-refractivity contribution in [3.63, 3.8) is 0 Å². The Labute approximate surface area is 111 Å². The van der Waals surface area contributed by atoms with E-state index in [9.17, 15) is 0 Å². The summed E-state index contributed by atoms with van der Waals surface area (Å²) in [6.07, 6.45) is 7.84. The summed E-state index contributed by atoms with van der Waals surface area (Å²) in [6, 6.07) is 0. The molecule has 1 aliphatic rings. The van der Waals surface area contributed by atoms with Gasteiger partial charge in [-0.1, -0.05) is 55.6 Å². The van der Waals surface area contributed by atoms with Crippen LogP contribution in [0.1, 0.15) is 37.9 Å². The van der Waals surface area contributed by atoms with E-state index in [1.54, 1.807) is 0 Å². The average Bonchev–Trinajstić information content (AvgIpc) is 2.95. The highest BCUT2D eigenvalue weighted by molar-refractivity contribution is 7.99. The number of rotatable bonds is 6. The summed E-state index contributed by atoms with van der Waals surface area (Å²) < 4.78 is 0. The highest BCUT2D eigenvalue weighted by atomic mass is 35.5. The molecule has 1 N–H and O–H groups in total. The van der Waals surface area contributed by atoms with E-state index in [2.05, 4.69) is 21.8 Å². The first-order chi connectivity index (χ1) is 8.24. The molecule has 0 saturated heterocycles. The van der Waals surface area contributed by atoms with Crippen molar-refractivity contribution >= 4 is 23.4 Å². The first-order valence-corrected chi connectivity index (χ1v) is 7.48. The Kier molecular flexibility index (Phi) is 4.92. The van der Waals surface area contributed by atoms with Crippen molar-refractivity contribution in [2.75, 3.05) is 5.75 Å². The van der Waals surface area contributed by atoms with Gasteiger partial charge in [-0.2, -0.15) is 0 Å². The van der Waals surface area contributed by atoms with E-state index in [0.717, 1.165) is 23.3 Å². The predicted molar refractivity (Wildman–Crippen MR) is 72.4 cm³/mol. The average molecular weight is 272 g/mol. The van der Waals surface area contributed by atoms with Crippen LogP contribution in [-0.4, -0.2) is 20.9 Å². The summed E-state index contributed by atoms with van der Waals surface area (Å²) in [5.74, 6) is 2.57. The molecule has 0 aliphatic heterocycles. The summed E-state index contributed by atoms with van der Waals surface area (Å²) in [6.45, 7) is 3.64. The molecule has 1 fully saturated rings. The molecule has 0 spiro atoms. The first-order valence-electron chi connectivity index (χ1n) is 6.11. The van der Waals surface area contributed by atoms with Crippen LogP contribution in [0.5, 0.6) is 0 Å². The van der Waals surface area contributed by atoms with Gasteiger partial charge in [-0.05, 0) is 12.3 Å². The van der Waals surface area contributed by atoms with Crippen molar-refractivity contribution in [2.24, 2.45) is 5.92 Å². The second-order valence-corrected chi connectivity index (χ2v) is 6.04. The third kappa shape index (κ3) is 4.36. The summed E-state index contributed by atoms with van der Waals surface area (Å²) >= 11 is 7.22. The van der Waals surface area contributed by atoms with Gasteiger partial charge in [-0.3, -0.25) is 5.10 Å². The molecular weight excluding hydrogens is 254 g/mol. The maximum atomic E-state index is 5.70. The molecule has 1 saturated carbocycles. The molecule has 2 rings (SSSR count). The van der Waals surface area contributed by atoms with Gasteiger partial charge in [0.25, 0.3) is 0 Å². The zero-order valence-corrected chi connectivity index (χ0v) is 11.5. The van der Waals surface area contributed by atoms with Crippen LogP contribution in [0.3, 0.4) is 0 Å². The fourth-order valence-corrected chi connectivity index (χ4v) is 2.97. The Morgan fingerprint density at radius 3 is 2.94 bits per heavy atom. The van der Waals surface area contributed by atoms with E-state index < -0.39 is 0 Å². The van der Waals surface area contributed by atoms with E-state index in [4.69, 9.17) is 11.6 Å². The van der Waals surface area contributed by atoms with Gasteiger partial charge >= 0.3 is 0 Å². The molecule has 0 unspecified atom stereocenters. The summed E-state index contributed by atoms with van der Waals surface area (Å²) in [7, 11) is 0. The van der Waals surface area contributed by atoms with Gasteiger partial charge in [0.2, 0.25) is 5.16 Å². The number of hydrogen-bond acceptors (Lipinski definition) is 3. The highest BCUT2D eigenvalue weighted by Gasteiger charge is 2.15. The molecule has 1 aromatic rings. The molecule has 17 heavy (non-hydrogen) atoms. The second-order valence-electron chi connectivity index (χ2n) is 4.56. The van der Waals surface area contributed by atoms with E-state index >= 15 is 0 Å². The minimum absolute atomic E-state index is 0.632. The molecule has 0 radical (unpaired) electrons. The van der Waals surface area contributed by atoms with E-state index in [0.29, 0.717) is 10.8 Å². The number of thioether (sulfide) groups is 1. The van der Waals surface area contributed by atoms with Gasteiger partial charge in [0.15, 0.2) is 0 Å². The summed E-state index contributed by atoms with van der Waals surface area (Å²) in [4.78, 5) is 4.44. The third-order valence-electron chi connectivity index (χ3n) is 3.13. The lowest BCUT2D eigenvalue weighted by Gasteiger charge is -2.05. The van der Waals surface area contributed by atoms with Gasteiger partial charge < -0.3 is 0 Å². The van der Waals surface area contributed by atoms with Crippen molar-refractivity contribution in [3.05, 3.63) is 17.4 Å². The largest absolute Gasteiger partial charge is 0.262 e. The molecule has 1 heterocycles. The van der Waals surface area contributed by atoms with Gasteiger partial charge in [0.05, 0.1) is 0 Å². The topological polar surface area (TPSA) is 41.6 Å². The van der Waals surface area contributed by atoms with Gasteiger partial charge in [0, 0.05) is 17.2 Å². The van der Waals surface area contributed by atoms with Crippen LogP contribution in [0.15, 0.2) is 16.8 Å². The molecule has 0 atom stereocenters. The molecule has 1 aliphatic carbocycles. The summed E-state index contributed by atoms with van der Waals surface area (Å²) in [5.41, 5.74) is 0. The maximum Gasteiger partial charge on any atom is 0.208 e. The van der Waals surface area contributed by atoms with E-state index in [1.165, 1.54) is 43.9 Å². The summed E-state index contributed by atoms with van der Waals surface area (Å²) in [5, 5.41) is 8.56. The lowest BCUT2D eigenvalue weighted by molar-refractivity contribution is 0.497. The van der Waals surface area contributed by atoms with Crippen LogP contribution in [0.25, 0.3) is 0 Å². The van der Waals surface area contributed by atoms with Crippen molar-refractivity contribution < 1.29 is 0 Å². The van der Waals surface area contributed by atoms with Crippen LogP contribution in [-0.2, 0) is 6.42 Å². The molecule has 1 aromatic heterocycles. The molecule has 0 bridgehead atoms. The Bertz CT molecular complexity index is 372. The lowest BCUT2D eigenvalue weighted by Crippen LogP contribution is -1.97. The lowest BCUT2D eigenvalue weighted by atomic mass is 10.0. The number of nitrogens with one attached hydrogen (secondary N) is 1. The SMILES string of the molecule is C=C(Cl)CSc1n[nH]c(CCC2CCCC2)n1. The normalized spacial score (nSPS) is 16.5. The number of aromatic nitrogens is 3. The number of aryl methyl sites for hydroxylation is 1. The Morgan fingerprint density at radius 1 is 1.47 bits per heavy atom. The fourth-order valence-electron chi connectivity index (χ4n) is 2.24. The molecule has 5 heteroatoms. The predicted octanol–water partition coefficient (Wildman–Crippen LogP) is 3.77.